The zero-order valence-corrected chi connectivity index (χ0v) is 17.2. The van der Waals surface area contributed by atoms with E-state index in [2.05, 4.69) is 32.2 Å². The van der Waals surface area contributed by atoms with E-state index in [0.717, 1.165) is 25.1 Å². The van der Waals surface area contributed by atoms with Crippen molar-refractivity contribution in [2.24, 2.45) is 0 Å². The van der Waals surface area contributed by atoms with Gasteiger partial charge in [-0.25, -0.2) is 4.98 Å². The van der Waals surface area contributed by atoms with E-state index < -0.39 is 3.79 Å². The molecule has 1 atom stereocenters. The van der Waals surface area contributed by atoms with Gasteiger partial charge in [0.2, 0.25) is 9.74 Å². The van der Waals surface area contributed by atoms with Gasteiger partial charge in [0.25, 0.3) is 0 Å². The van der Waals surface area contributed by atoms with Crippen LogP contribution in [0.25, 0.3) is 11.4 Å². The molecule has 2 aromatic rings. The third-order valence-electron chi connectivity index (χ3n) is 4.42. The molecule has 1 unspecified atom stereocenters. The van der Waals surface area contributed by atoms with Gasteiger partial charge in [0.15, 0.2) is 11.6 Å². The van der Waals surface area contributed by atoms with Gasteiger partial charge in [-0.15, -0.1) is 0 Å². The van der Waals surface area contributed by atoms with E-state index >= 15 is 0 Å². The molecule has 5 nitrogen and oxygen atoms in total. The number of rotatable bonds is 5. The number of benzene rings is 1. The van der Waals surface area contributed by atoms with Gasteiger partial charge in [0.05, 0.1) is 0 Å². The number of hydrogen-bond acceptors (Lipinski definition) is 5. The molecule has 1 aliphatic heterocycles. The first-order chi connectivity index (χ1) is 12.3. The van der Waals surface area contributed by atoms with Crippen molar-refractivity contribution >= 4 is 52.4 Å². The predicted octanol–water partition coefficient (Wildman–Crippen LogP) is 4.91. The second-order valence-electron chi connectivity index (χ2n) is 6.30. The number of halogens is 4. The minimum absolute atomic E-state index is 0.0861. The lowest BCUT2D eigenvalue weighted by Gasteiger charge is -2.19. The molecular weight excluding hydrogens is 416 g/mol. The fraction of sp³-hybridized carbons (Fsp3) is 0.471. The zero-order valence-electron chi connectivity index (χ0n) is 14.2. The van der Waals surface area contributed by atoms with Crippen molar-refractivity contribution in [3.8, 4) is 11.4 Å². The van der Waals surface area contributed by atoms with Crippen molar-refractivity contribution in [2.75, 3.05) is 25.5 Å². The van der Waals surface area contributed by atoms with Crippen molar-refractivity contribution in [1.29, 1.82) is 0 Å². The molecule has 0 radical (unpaired) electrons. The highest BCUT2D eigenvalue weighted by Gasteiger charge is 2.28. The highest BCUT2D eigenvalue weighted by molar-refractivity contribution is 6.66. The maximum atomic E-state index is 5.99. The largest absolute Gasteiger partial charge is 0.354 e. The van der Waals surface area contributed by atoms with Gasteiger partial charge in [0.1, 0.15) is 0 Å². The van der Waals surface area contributed by atoms with Crippen LogP contribution in [-0.2, 0) is 3.79 Å². The van der Waals surface area contributed by atoms with Crippen LogP contribution in [0.4, 0.5) is 5.95 Å². The van der Waals surface area contributed by atoms with Gasteiger partial charge < -0.3 is 10.2 Å². The highest BCUT2D eigenvalue weighted by atomic mass is 35.6. The Bertz CT molecular complexity index is 748. The lowest BCUT2D eigenvalue weighted by molar-refractivity contribution is 0.301. The summed E-state index contributed by atoms with van der Waals surface area (Å²) >= 11 is 23.9. The summed E-state index contributed by atoms with van der Waals surface area (Å²) in [5, 5.41) is 3.86. The summed E-state index contributed by atoms with van der Waals surface area (Å²) < 4.78 is -1.73. The van der Waals surface area contributed by atoms with E-state index in [0.29, 0.717) is 22.8 Å². The van der Waals surface area contributed by atoms with Crippen molar-refractivity contribution in [2.45, 2.75) is 29.1 Å². The molecule has 0 bridgehead atoms. The summed E-state index contributed by atoms with van der Waals surface area (Å²) in [6.07, 6.45) is 3.46. The Labute approximate surface area is 173 Å². The number of nitrogens with one attached hydrogen (secondary N) is 1. The number of likely N-dealkylation sites (tertiary alicyclic amines) is 1. The Morgan fingerprint density at radius 2 is 1.88 bits per heavy atom. The standard InChI is InChI=1S/C17H19Cl4N5/c1-26-10-2-3-13(26)8-9-22-16-24-14(11-4-6-12(18)7-5-11)23-15(25-16)17(19,20)21/h4-7,13H,2-3,8-10H2,1H3,(H,22,23,24,25). The lowest BCUT2D eigenvalue weighted by Crippen LogP contribution is -2.27. The van der Waals surface area contributed by atoms with E-state index in [4.69, 9.17) is 46.4 Å². The molecule has 2 heterocycles. The molecule has 140 valence electrons. The Kier molecular flexibility index (Phi) is 6.46. The van der Waals surface area contributed by atoms with Crippen molar-refractivity contribution in [3.63, 3.8) is 0 Å². The van der Waals surface area contributed by atoms with Crippen molar-refractivity contribution in [1.82, 2.24) is 19.9 Å². The molecule has 26 heavy (non-hydrogen) atoms. The molecule has 1 aromatic heterocycles. The molecule has 0 aliphatic carbocycles. The van der Waals surface area contributed by atoms with Gasteiger partial charge in [-0.05, 0) is 57.1 Å². The second-order valence-corrected chi connectivity index (χ2v) is 9.02. The van der Waals surface area contributed by atoms with Crippen LogP contribution in [0.2, 0.25) is 5.02 Å². The second kappa shape index (κ2) is 8.44. The molecule has 1 aromatic carbocycles. The van der Waals surface area contributed by atoms with Gasteiger partial charge >= 0.3 is 0 Å². The quantitative estimate of drug-likeness (QED) is 0.677. The third kappa shape index (κ3) is 5.11. The smallest absolute Gasteiger partial charge is 0.250 e. The number of alkyl halides is 3. The first kappa shape index (κ1) is 19.9. The molecule has 0 spiro atoms. The number of anilines is 1. The van der Waals surface area contributed by atoms with E-state index in [9.17, 15) is 0 Å². The minimum Gasteiger partial charge on any atom is -0.354 e. The van der Waals surface area contributed by atoms with E-state index in [1.54, 1.807) is 12.1 Å². The fourth-order valence-corrected chi connectivity index (χ4v) is 3.38. The first-order valence-electron chi connectivity index (χ1n) is 8.36. The van der Waals surface area contributed by atoms with Crippen LogP contribution in [0, 0.1) is 0 Å². The van der Waals surface area contributed by atoms with E-state index in [1.165, 1.54) is 12.8 Å². The SMILES string of the molecule is CN1CCCC1CCNc1nc(-c2ccc(Cl)cc2)nc(C(Cl)(Cl)Cl)n1. The molecule has 1 saturated heterocycles. The number of hydrogen-bond donors (Lipinski definition) is 1. The lowest BCUT2D eigenvalue weighted by atomic mass is 10.1. The van der Waals surface area contributed by atoms with E-state index in [-0.39, 0.29) is 5.82 Å². The monoisotopic (exact) mass is 433 g/mol. The molecule has 0 saturated carbocycles. The highest BCUT2D eigenvalue weighted by Crippen LogP contribution is 2.36. The Hall–Kier alpha value is -0.850. The maximum Gasteiger partial charge on any atom is 0.250 e. The Balaban J connectivity index is 1.79. The summed E-state index contributed by atoms with van der Waals surface area (Å²) in [5.41, 5.74) is 0.769. The predicted molar refractivity (Wildman–Crippen MR) is 108 cm³/mol. The summed E-state index contributed by atoms with van der Waals surface area (Å²) in [7, 11) is 2.15. The van der Waals surface area contributed by atoms with Crippen LogP contribution < -0.4 is 5.32 Å². The Morgan fingerprint density at radius 3 is 2.50 bits per heavy atom. The summed E-state index contributed by atoms with van der Waals surface area (Å²) in [6.45, 7) is 1.88. The molecule has 0 amide bonds. The summed E-state index contributed by atoms with van der Waals surface area (Å²) in [6, 6.07) is 7.73. The molecule has 9 heteroatoms. The van der Waals surface area contributed by atoms with Crippen LogP contribution in [0.5, 0.6) is 0 Å². The average Bonchev–Trinajstić information content (AvgIpc) is 3.00. The Morgan fingerprint density at radius 1 is 1.15 bits per heavy atom. The zero-order chi connectivity index (χ0) is 18.7. The van der Waals surface area contributed by atoms with Crippen molar-refractivity contribution < 1.29 is 0 Å². The third-order valence-corrected chi connectivity index (χ3v) is 5.18. The normalized spacial score (nSPS) is 18.3. The van der Waals surface area contributed by atoms with E-state index in [1.807, 2.05) is 12.1 Å². The fourth-order valence-electron chi connectivity index (χ4n) is 3.00. The maximum absolute atomic E-state index is 5.99. The number of nitrogens with zero attached hydrogens (tertiary/aromatic N) is 4. The van der Waals surface area contributed by atoms with Gasteiger partial charge in [0, 0.05) is 23.2 Å². The van der Waals surface area contributed by atoms with Gasteiger partial charge in [-0.3, -0.25) is 0 Å². The van der Waals surface area contributed by atoms with Crippen LogP contribution in [0.3, 0.4) is 0 Å². The molecule has 1 fully saturated rings. The van der Waals surface area contributed by atoms with Gasteiger partial charge in [-0.1, -0.05) is 46.4 Å². The summed E-state index contributed by atoms with van der Waals surface area (Å²) in [4.78, 5) is 15.4. The number of aromatic nitrogens is 3. The molecule has 1 aliphatic rings. The molecule has 3 rings (SSSR count). The van der Waals surface area contributed by atoms with Crippen LogP contribution >= 0.6 is 46.4 Å². The molecular formula is C17H19Cl4N5. The summed E-state index contributed by atoms with van der Waals surface area (Å²) in [5.74, 6) is 0.910. The minimum atomic E-state index is -1.73. The van der Waals surface area contributed by atoms with Crippen LogP contribution in [-0.4, -0.2) is 46.0 Å². The van der Waals surface area contributed by atoms with Crippen molar-refractivity contribution in [3.05, 3.63) is 35.1 Å². The molecule has 1 N–H and O–H groups in total. The van der Waals surface area contributed by atoms with Crippen LogP contribution in [0.1, 0.15) is 25.1 Å². The van der Waals surface area contributed by atoms with Crippen LogP contribution in [0.15, 0.2) is 24.3 Å². The van der Waals surface area contributed by atoms with Gasteiger partial charge in [-0.2, -0.15) is 9.97 Å². The first-order valence-corrected chi connectivity index (χ1v) is 9.87. The average molecular weight is 435 g/mol. The topological polar surface area (TPSA) is 53.9 Å².